The molecule has 1 fully saturated rings. The molecule has 2 amide bonds. The van der Waals surface area contributed by atoms with Crippen molar-refractivity contribution in [2.45, 2.75) is 12.8 Å². The highest BCUT2D eigenvalue weighted by atomic mass is 35.5. The number of nitrogens with one attached hydrogen (secondary N) is 2. The van der Waals surface area contributed by atoms with Gasteiger partial charge in [-0.25, -0.2) is 0 Å². The van der Waals surface area contributed by atoms with Gasteiger partial charge in [-0.1, -0.05) is 23.2 Å². The van der Waals surface area contributed by atoms with E-state index in [0.29, 0.717) is 13.1 Å². The molecular formula is C11H12Cl2N4O2. The van der Waals surface area contributed by atoms with Gasteiger partial charge in [0.1, 0.15) is 0 Å². The summed E-state index contributed by atoms with van der Waals surface area (Å²) in [7, 11) is 0. The Morgan fingerprint density at radius 3 is 2.58 bits per heavy atom. The fourth-order valence-electron chi connectivity index (χ4n) is 1.46. The van der Waals surface area contributed by atoms with Gasteiger partial charge >= 0.3 is 0 Å². The topological polar surface area (TPSA) is 84.0 Å². The third-order valence-electron chi connectivity index (χ3n) is 2.62. The number of carbonyl (C=O) groups excluding carboxylic acids is 2. The highest BCUT2D eigenvalue weighted by Gasteiger charge is 2.29. The molecule has 2 rings (SSSR count). The maximum atomic E-state index is 11.8. The van der Waals surface area contributed by atoms with Gasteiger partial charge in [0.25, 0.3) is 5.91 Å². The number of hydrogen-bond acceptors (Lipinski definition) is 4. The van der Waals surface area contributed by atoms with E-state index in [0.717, 1.165) is 12.8 Å². The maximum absolute atomic E-state index is 11.8. The van der Waals surface area contributed by atoms with Crippen LogP contribution in [0.4, 0.5) is 0 Å². The SMILES string of the molecule is O=C(NCCNC(=O)C1CC1)c1cc(Cl)nnc1Cl. The smallest absolute Gasteiger partial charge is 0.254 e. The molecule has 1 saturated carbocycles. The van der Waals surface area contributed by atoms with Crippen molar-refractivity contribution in [3.63, 3.8) is 0 Å². The number of amides is 2. The molecule has 1 aliphatic carbocycles. The number of halogens is 2. The van der Waals surface area contributed by atoms with Gasteiger partial charge < -0.3 is 10.6 Å². The van der Waals surface area contributed by atoms with Gasteiger partial charge in [-0.15, -0.1) is 10.2 Å². The second-order valence-electron chi connectivity index (χ2n) is 4.19. The Morgan fingerprint density at radius 1 is 1.21 bits per heavy atom. The summed E-state index contributed by atoms with van der Waals surface area (Å²) >= 11 is 11.4. The van der Waals surface area contributed by atoms with Crippen molar-refractivity contribution in [1.82, 2.24) is 20.8 Å². The summed E-state index contributed by atoms with van der Waals surface area (Å²) in [5.74, 6) is -0.197. The molecule has 0 aliphatic heterocycles. The average Bonchev–Trinajstić information content (AvgIpc) is 3.21. The molecule has 8 heteroatoms. The predicted molar refractivity (Wildman–Crippen MR) is 70.1 cm³/mol. The van der Waals surface area contributed by atoms with Crippen molar-refractivity contribution >= 4 is 35.0 Å². The van der Waals surface area contributed by atoms with Crippen LogP contribution in [0.25, 0.3) is 0 Å². The van der Waals surface area contributed by atoms with E-state index in [1.165, 1.54) is 6.07 Å². The monoisotopic (exact) mass is 302 g/mol. The minimum atomic E-state index is -0.400. The standard InChI is InChI=1S/C11H12Cl2N4O2/c12-8-5-7(9(13)17-16-8)11(19)15-4-3-14-10(18)6-1-2-6/h5-6H,1-4H2,(H,14,18)(H,15,19). The highest BCUT2D eigenvalue weighted by Crippen LogP contribution is 2.28. The first-order valence-corrected chi connectivity index (χ1v) is 6.58. The van der Waals surface area contributed by atoms with E-state index < -0.39 is 5.91 Å². The van der Waals surface area contributed by atoms with Crippen LogP contribution in [0.15, 0.2) is 6.07 Å². The Morgan fingerprint density at radius 2 is 1.89 bits per heavy atom. The van der Waals surface area contributed by atoms with E-state index >= 15 is 0 Å². The second-order valence-corrected chi connectivity index (χ2v) is 4.94. The molecule has 102 valence electrons. The Balaban J connectivity index is 1.77. The predicted octanol–water partition coefficient (Wildman–Crippen LogP) is 1.04. The van der Waals surface area contributed by atoms with Gasteiger partial charge in [0.15, 0.2) is 10.3 Å². The molecule has 0 radical (unpaired) electrons. The van der Waals surface area contributed by atoms with Crippen LogP contribution in [0.2, 0.25) is 10.3 Å². The second kappa shape index (κ2) is 6.16. The van der Waals surface area contributed by atoms with Crippen molar-refractivity contribution in [3.05, 3.63) is 21.9 Å². The first-order valence-electron chi connectivity index (χ1n) is 5.82. The van der Waals surface area contributed by atoms with E-state index in [2.05, 4.69) is 20.8 Å². The summed E-state index contributed by atoms with van der Waals surface area (Å²) in [4.78, 5) is 23.1. The minimum Gasteiger partial charge on any atom is -0.354 e. The number of aromatic nitrogens is 2. The van der Waals surface area contributed by atoms with E-state index in [4.69, 9.17) is 23.2 Å². The minimum absolute atomic E-state index is 0.0103. The summed E-state index contributed by atoms with van der Waals surface area (Å²) < 4.78 is 0. The summed E-state index contributed by atoms with van der Waals surface area (Å²) in [5.41, 5.74) is 0.162. The Kier molecular flexibility index (Phi) is 4.55. The summed E-state index contributed by atoms with van der Waals surface area (Å²) in [6.07, 6.45) is 1.91. The van der Waals surface area contributed by atoms with Gasteiger partial charge in [0.2, 0.25) is 5.91 Å². The van der Waals surface area contributed by atoms with Crippen LogP contribution in [-0.4, -0.2) is 35.1 Å². The molecular weight excluding hydrogens is 291 g/mol. The molecule has 0 bridgehead atoms. The maximum Gasteiger partial charge on any atom is 0.254 e. The lowest BCUT2D eigenvalue weighted by atomic mass is 10.3. The largest absolute Gasteiger partial charge is 0.354 e. The van der Waals surface area contributed by atoms with Gasteiger partial charge in [0.05, 0.1) is 5.56 Å². The zero-order valence-electron chi connectivity index (χ0n) is 9.95. The van der Waals surface area contributed by atoms with Crippen molar-refractivity contribution in [1.29, 1.82) is 0 Å². The third-order valence-corrected chi connectivity index (χ3v) is 3.09. The average molecular weight is 303 g/mol. The molecule has 0 saturated heterocycles. The first-order chi connectivity index (χ1) is 9.08. The van der Waals surface area contributed by atoms with E-state index in [-0.39, 0.29) is 27.7 Å². The van der Waals surface area contributed by atoms with Crippen LogP contribution in [0.1, 0.15) is 23.2 Å². The lowest BCUT2D eigenvalue weighted by Crippen LogP contribution is -2.35. The van der Waals surface area contributed by atoms with Crippen LogP contribution in [0.5, 0.6) is 0 Å². The van der Waals surface area contributed by atoms with Crippen LogP contribution in [-0.2, 0) is 4.79 Å². The molecule has 0 aromatic carbocycles. The van der Waals surface area contributed by atoms with Crippen molar-refractivity contribution in [2.24, 2.45) is 5.92 Å². The molecule has 1 aromatic rings. The molecule has 0 unspecified atom stereocenters. The first kappa shape index (κ1) is 14.0. The molecule has 1 heterocycles. The van der Waals surface area contributed by atoms with Crippen LogP contribution < -0.4 is 10.6 Å². The Labute approximate surface area is 119 Å². The van der Waals surface area contributed by atoms with E-state index in [1.807, 2.05) is 0 Å². The molecule has 6 nitrogen and oxygen atoms in total. The lowest BCUT2D eigenvalue weighted by Gasteiger charge is -2.07. The molecule has 0 atom stereocenters. The van der Waals surface area contributed by atoms with Gasteiger partial charge in [-0.2, -0.15) is 0 Å². The summed E-state index contributed by atoms with van der Waals surface area (Å²) in [6, 6.07) is 1.34. The number of carbonyl (C=O) groups is 2. The van der Waals surface area contributed by atoms with Crippen molar-refractivity contribution in [3.8, 4) is 0 Å². The Hall–Kier alpha value is -1.40. The fraction of sp³-hybridized carbons (Fsp3) is 0.455. The van der Waals surface area contributed by atoms with Gasteiger partial charge in [0, 0.05) is 19.0 Å². The van der Waals surface area contributed by atoms with Gasteiger partial charge in [-0.05, 0) is 18.9 Å². The molecule has 1 aliphatic rings. The molecule has 2 N–H and O–H groups in total. The van der Waals surface area contributed by atoms with Gasteiger partial charge in [-0.3, -0.25) is 9.59 Å². The fourth-order valence-corrected chi connectivity index (χ4v) is 1.78. The van der Waals surface area contributed by atoms with E-state index in [9.17, 15) is 9.59 Å². The Bertz CT molecular complexity index is 505. The number of rotatable bonds is 5. The van der Waals surface area contributed by atoms with Crippen LogP contribution >= 0.6 is 23.2 Å². The number of nitrogens with zero attached hydrogens (tertiary/aromatic N) is 2. The molecule has 19 heavy (non-hydrogen) atoms. The molecule has 0 spiro atoms. The van der Waals surface area contributed by atoms with Crippen LogP contribution in [0.3, 0.4) is 0 Å². The molecule has 1 aromatic heterocycles. The third kappa shape index (κ3) is 4.04. The van der Waals surface area contributed by atoms with Crippen molar-refractivity contribution in [2.75, 3.05) is 13.1 Å². The van der Waals surface area contributed by atoms with E-state index in [1.54, 1.807) is 0 Å². The quantitative estimate of drug-likeness (QED) is 0.796. The summed E-state index contributed by atoms with van der Waals surface area (Å²) in [6.45, 7) is 0.693. The zero-order chi connectivity index (χ0) is 13.8. The van der Waals surface area contributed by atoms with Crippen LogP contribution in [0, 0.1) is 5.92 Å². The normalized spacial score (nSPS) is 14.0. The lowest BCUT2D eigenvalue weighted by molar-refractivity contribution is -0.122. The van der Waals surface area contributed by atoms with Crippen molar-refractivity contribution < 1.29 is 9.59 Å². The highest BCUT2D eigenvalue weighted by molar-refractivity contribution is 6.34. The zero-order valence-corrected chi connectivity index (χ0v) is 11.5. The summed E-state index contributed by atoms with van der Waals surface area (Å²) in [5, 5.41) is 12.5. The number of hydrogen-bond donors (Lipinski definition) is 2.